The lowest BCUT2D eigenvalue weighted by Crippen LogP contribution is -2.19. The van der Waals surface area contributed by atoms with Gasteiger partial charge in [-0.2, -0.15) is 0 Å². The van der Waals surface area contributed by atoms with Crippen molar-refractivity contribution in [2.24, 2.45) is 0 Å². The molecule has 6 heteroatoms. The van der Waals surface area contributed by atoms with Gasteiger partial charge in [0.15, 0.2) is 0 Å². The summed E-state index contributed by atoms with van der Waals surface area (Å²) in [5, 5.41) is 10.3. The van der Waals surface area contributed by atoms with Gasteiger partial charge in [0.2, 0.25) is 11.1 Å². The molecule has 1 heterocycles. The molecule has 0 saturated carbocycles. The van der Waals surface area contributed by atoms with Crippen LogP contribution >= 0.6 is 11.8 Å². The van der Waals surface area contributed by atoms with Crippen molar-refractivity contribution in [3.63, 3.8) is 0 Å². The van der Waals surface area contributed by atoms with E-state index >= 15 is 0 Å². The highest BCUT2D eigenvalue weighted by atomic mass is 32.2. The number of rotatable bonds is 6. The molecule has 0 fully saturated rings. The molecule has 1 atom stereocenters. The van der Waals surface area contributed by atoms with Gasteiger partial charge in [-0.05, 0) is 17.7 Å². The van der Waals surface area contributed by atoms with Gasteiger partial charge in [-0.15, -0.1) is 5.10 Å². The number of benzene rings is 2. The molecule has 0 aliphatic carbocycles. The minimum atomic E-state index is -0.433. The summed E-state index contributed by atoms with van der Waals surface area (Å²) >= 11 is 1.34. The van der Waals surface area contributed by atoms with E-state index in [1.54, 1.807) is 0 Å². The van der Waals surface area contributed by atoms with Gasteiger partial charge in [0.1, 0.15) is 11.1 Å². The number of nitrogens with one attached hydrogen (secondary N) is 2. The Morgan fingerprint density at radius 1 is 1.04 bits per heavy atom. The average Bonchev–Trinajstić information content (AvgIpc) is 3.10. The van der Waals surface area contributed by atoms with Gasteiger partial charge in [0.25, 0.3) is 0 Å². The number of nitrogens with zero attached hydrogens (tertiary/aromatic N) is 2. The molecule has 0 aliphatic heterocycles. The summed E-state index contributed by atoms with van der Waals surface area (Å²) in [5.74, 6) is 0.978. The van der Waals surface area contributed by atoms with Crippen molar-refractivity contribution in [3.8, 4) is 0 Å². The summed E-state index contributed by atoms with van der Waals surface area (Å²) < 4.78 is 0. The fourth-order valence-corrected chi connectivity index (χ4v) is 3.22. The third-order valence-electron chi connectivity index (χ3n) is 3.63. The van der Waals surface area contributed by atoms with Crippen LogP contribution in [0.2, 0.25) is 0 Å². The lowest BCUT2D eigenvalue weighted by Gasteiger charge is -2.15. The zero-order chi connectivity index (χ0) is 17.6. The molecule has 3 aromatic rings. The van der Waals surface area contributed by atoms with Gasteiger partial charge in [-0.1, -0.05) is 74.1 Å². The highest BCUT2D eigenvalue weighted by Crippen LogP contribution is 2.34. The van der Waals surface area contributed by atoms with Crippen molar-refractivity contribution >= 4 is 23.4 Å². The molecule has 2 aromatic carbocycles. The zero-order valence-electron chi connectivity index (χ0n) is 14.1. The Labute approximate surface area is 151 Å². The number of carbonyl (C=O) groups excluding carboxylic acids is 1. The Morgan fingerprint density at radius 3 is 2.28 bits per heavy atom. The van der Waals surface area contributed by atoms with Crippen LogP contribution in [0.5, 0.6) is 0 Å². The molecule has 1 amide bonds. The van der Waals surface area contributed by atoms with E-state index in [0.717, 1.165) is 17.1 Å². The van der Waals surface area contributed by atoms with Gasteiger partial charge < -0.3 is 5.32 Å². The first kappa shape index (κ1) is 17.2. The molecule has 0 radical (unpaired) electrons. The largest absolute Gasteiger partial charge is 0.325 e. The van der Waals surface area contributed by atoms with Gasteiger partial charge in [-0.3, -0.25) is 9.89 Å². The van der Waals surface area contributed by atoms with Gasteiger partial charge >= 0.3 is 0 Å². The monoisotopic (exact) mass is 352 g/mol. The second-order valence-electron chi connectivity index (χ2n) is 5.92. The Morgan fingerprint density at radius 2 is 1.68 bits per heavy atom. The maximum absolute atomic E-state index is 12.9. The summed E-state index contributed by atoms with van der Waals surface area (Å²) in [6, 6.07) is 19.1. The number of hydrogen-bond donors (Lipinski definition) is 2. The highest BCUT2D eigenvalue weighted by Gasteiger charge is 2.24. The number of hydrogen-bond acceptors (Lipinski definition) is 4. The summed E-state index contributed by atoms with van der Waals surface area (Å²) in [6.07, 6.45) is 0. The third-order valence-corrected chi connectivity index (χ3v) is 4.75. The van der Waals surface area contributed by atoms with E-state index in [1.807, 2.05) is 74.5 Å². The highest BCUT2D eigenvalue weighted by molar-refractivity contribution is 8.00. The number of H-pyrrole nitrogens is 1. The summed E-state index contributed by atoms with van der Waals surface area (Å²) in [6.45, 7) is 4.09. The summed E-state index contributed by atoms with van der Waals surface area (Å²) in [7, 11) is 0. The van der Waals surface area contributed by atoms with Crippen LogP contribution in [0.15, 0.2) is 65.8 Å². The molecule has 25 heavy (non-hydrogen) atoms. The van der Waals surface area contributed by atoms with Gasteiger partial charge in [-0.25, -0.2) is 4.98 Å². The molecule has 0 aliphatic rings. The van der Waals surface area contributed by atoms with Crippen LogP contribution in [0, 0.1) is 0 Å². The Bertz CT molecular complexity index is 818. The molecule has 3 rings (SSSR count). The van der Waals surface area contributed by atoms with Crippen LogP contribution in [0.3, 0.4) is 0 Å². The Hall–Kier alpha value is -2.60. The van der Waals surface area contributed by atoms with Crippen LogP contribution < -0.4 is 5.32 Å². The molecule has 0 spiro atoms. The lowest BCUT2D eigenvalue weighted by atomic mass is 10.1. The predicted octanol–water partition coefficient (Wildman–Crippen LogP) is 4.40. The van der Waals surface area contributed by atoms with Crippen molar-refractivity contribution in [3.05, 3.63) is 72.1 Å². The van der Waals surface area contributed by atoms with Crippen LogP contribution in [0.4, 0.5) is 5.69 Å². The molecule has 2 N–H and O–H groups in total. The van der Waals surface area contributed by atoms with E-state index in [1.165, 1.54) is 11.8 Å². The molecule has 128 valence electrons. The number of aromatic nitrogens is 3. The van der Waals surface area contributed by atoms with Crippen molar-refractivity contribution < 1.29 is 4.79 Å². The number of thioether (sulfide) groups is 1. The standard InChI is InChI=1S/C19H20N4OS/c1-13(2)17-21-19(23-22-17)25-16(14-9-5-3-6-10-14)18(24)20-15-11-7-4-8-12-15/h3-13,16H,1-2H3,(H,20,24)(H,21,22,23). The normalized spacial score (nSPS) is 12.1. The van der Waals surface area contributed by atoms with Crippen molar-refractivity contribution in [1.29, 1.82) is 0 Å². The number of amides is 1. The SMILES string of the molecule is CC(C)c1nc(SC(C(=O)Nc2ccccc2)c2ccccc2)n[nH]1. The minimum Gasteiger partial charge on any atom is -0.325 e. The van der Waals surface area contributed by atoms with E-state index in [2.05, 4.69) is 20.5 Å². The number of carbonyl (C=O) groups is 1. The quantitative estimate of drug-likeness (QED) is 0.645. The maximum atomic E-state index is 12.9. The zero-order valence-corrected chi connectivity index (χ0v) is 15.0. The third kappa shape index (κ3) is 4.48. The molecule has 1 aromatic heterocycles. The first-order valence-corrected chi connectivity index (χ1v) is 9.01. The van der Waals surface area contributed by atoms with Crippen molar-refractivity contribution in [2.45, 2.75) is 30.2 Å². The van der Waals surface area contributed by atoms with Crippen LogP contribution in [0.1, 0.15) is 36.4 Å². The first-order valence-electron chi connectivity index (χ1n) is 8.13. The second-order valence-corrected chi connectivity index (χ2v) is 6.99. The molecular formula is C19H20N4OS. The molecule has 0 saturated heterocycles. The van der Waals surface area contributed by atoms with Crippen molar-refractivity contribution in [2.75, 3.05) is 5.32 Å². The first-order chi connectivity index (χ1) is 12.1. The van der Waals surface area contributed by atoms with E-state index in [0.29, 0.717) is 5.16 Å². The van der Waals surface area contributed by atoms with Crippen LogP contribution in [0.25, 0.3) is 0 Å². The number of para-hydroxylation sites is 1. The van der Waals surface area contributed by atoms with E-state index in [-0.39, 0.29) is 11.8 Å². The summed E-state index contributed by atoms with van der Waals surface area (Å²) in [4.78, 5) is 17.3. The molecule has 0 bridgehead atoms. The van der Waals surface area contributed by atoms with Gasteiger partial charge in [0, 0.05) is 11.6 Å². The van der Waals surface area contributed by atoms with E-state index < -0.39 is 5.25 Å². The maximum Gasteiger partial charge on any atom is 0.242 e. The Balaban J connectivity index is 1.83. The van der Waals surface area contributed by atoms with E-state index in [4.69, 9.17) is 0 Å². The smallest absolute Gasteiger partial charge is 0.242 e. The Kier molecular flexibility index (Phi) is 5.50. The van der Waals surface area contributed by atoms with Crippen molar-refractivity contribution in [1.82, 2.24) is 15.2 Å². The topological polar surface area (TPSA) is 70.7 Å². The molecule has 1 unspecified atom stereocenters. The predicted molar refractivity (Wildman–Crippen MR) is 101 cm³/mol. The number of anilines is 1. The second kappa shape index (κ2) is 7.98. The van der Waals surface area contributed by atoms with Crippen LogP contribution in [-0.2, 0) is 4.79 Å². The fourth-order valence-electron chi connectivity index (χ4n) is 2.30. The molecular weight excluding hydrogens is 332 g/mol. The number of aromatic amines is 1. The fraction of sp³-hybridized carbons (Fsp3) is 0.211. The van der Waals surface area contributed by atoms with E-state index in [9.17, 15) is 4.79 Å². The average molecular weight is 352 g/mol. The minimum absolute atomic E-state index is 0.0988. The summed E-state index contributed by atoms with van der Waals surface area (Å²) in [5.41, 5.74) is 1.68. The molecule has 5 nitrogen and oxygen atoms in total. The van der Waals surface area contributed by atoms with Crippen LogP contribution in [-0.4, -0.2) is 21.1 Å². The van der Waals surface area contributed by atoms with Gasteiger partial charge in [0.05, 0.1) is 0 Å². The lowest BCUT2D eigenvalue weighted by molar-refractivity contribution is -0.115.